The predicted molar refractivity (Wildman–Crippen MR) is 58.0 cm³/mol. The van der Waals surface area contributed by atoms with Crippen molar-refractivity contribution >= 4 is 17.6 Å². The number of carbonyl (C=O) groups is 1. The molecule has 0 radical (unpaired) electrons. The van der Waals surface area contributed by atoms with Gasteiger partial charge in [0.05, 0.1) is 6.61 Å². The molecule has 94 valence electrons. The van der Waals surface area contributed by atoms with Crippen molar-refractivity contribution in [1.82, 2.24) is 0 Å². The van der Waals surface area contributed by atoms with E-state index >= 15 is 0 Å². The zero-order chi connectivity index (χ0) is 13.1. The topological polar surface area (TPSA) is 46.5 Å². The van der Waals surface area contributed by atoms with Crippen LogP contribution in [0.1, 0.15) is 12.5 Å². The Hall–Kier alpha value is -1.20. The van der Waals surface area contributed by atoms with E-state index in [9.17, 15) is 18.7 Å². The summed E-state index contributed by atoms with van der Waals surface area (Å²) in [6.45, 7) is 1.39. The molecule has 1 rings (SSSR count). The number of aliphatic hydroxyl groups excluding tert-OH is 1. The molecular weight excluding hydrogens is 254 g/mol. The Bertz CT molecular complexity index is 392. The summed E-state index contributed by atoms with van der Waals surface area (Å²) in [5.74, 6) is -5.07. The van der Waals surface area contributed by atoms with Crippen molar-refractivity contribution in [3.05, 3.63) is 34.9 Å². The van der Waals surface area contributed by atoms with E-state index in [4.69, 9.17) is 11.6 Å². The fraction of sp³-hybridized carbons (Fsp3) is 0.364. The molecule has 0 aliphatic heterocycles. The summed E-state index contributed by atoms with van der Waals surface area (Å²) in [6, 6.07) is 4.60. The first-order chi connectivity index (χ1) is 7.89. The van der Waals surface area contributed by atoms with E-state index in [-0.39, 0.29) is 11.6 Å². The quantitative estimate of drug-likeness (QED) is 0.849. The second kappa shape index (κ2) is 5.42. The summed E-state index contributed by atoms with van der Waals surface area (Å²) in [6.07, 6.45) is -2.52. The van der Waals surface area contributed by atoms with Gasteiger partial charge in [0.15, 0.2) is 0 Å². The molecule has 0 saturated carbocycles. The average molecular weight is 265 g/mol. The second-order valence-electron chi connectivity index (χ2n) is 3.28. The van der Waals surface area contributed by atoms with Crippen molar-refractivity contribution in [3.63, 3.8) is 0 Å². The van der Waals surface area contributed by atoms with Crippen LogP contribution in [0.4, 0.5) is 8.78 Å². The molecular formula is C11H11ClF2O3. The van der Waals surface area contributed by atoms with E-state index in [0.717, 1.165) is 12.1 Å². The molecule has 0 aromatic heterocycles. The molecule has 0 amide bonds. The van der Waals surface area contributed by atoms with Crippen LogP contribution in [0.25, 0.3) is 0 Å². The van der Waals surface area contributed by atoms with Gasteiger partial charge < -0.3 is 9.84 Å². The molecule has 0 spiro atoms. The lowest BCUT2D eigenvalue weighted by atomic mass is 10.0. The fourth-order valence-corrected chi connectivity index (χ4v) is 1.33. The van der Waals surface area contributed by atoms with Crippen LogP contribution in [-0.2, 0) is 15.5 Å². The van der Waals surface area contributed by atoms with Gasteiger partial charge in [0.25, 0.3) is 0 Å². The summed E-state index contributed by atoms with van der Waals surface area (Å²) >= 11 is 5.55. The van der Waals surface area contributed by atoms with Gasteiger partial charge in [0, 0.05) is 10.6 Å². The molecule has 1 aromatic carbocycles. The normalized spacial score (nSPS) is 13.2. The minimum atomic E-state index is -3.71. The molecule has 1 N–H and O–H groups in total. The van der Waals surface area contributed by atoms with Crippen molar-refractivity contribution in [1.29, 1.82) is 0 Å². The largest absolute Gasteiger partial charge is 0.464 e. The molecule has 6 heteroatoms. The second-order valence-corrected chi connectivity index (χ2v) is 3.72. The van der Waals surface area contributed by atoms with E-state index in [1.807, 2.05) is 0 Å². The molecule has 0 aliphatic rings. The number of hydrogen-bond acceptors (Lipinski definition) is 3. The van der Waals surface area contributed by atoms with Crippen LogP contribution in [0.15, 0.2) is 24.3 Å². The summed E-state index contributed by atoms with van der Waals surface area (Å²) in [5.41, 5.74) is -0.498. The van der Waals surface area contributed by atoms with E-state index in [2.05, 4.69) is 4.74 Å². The van der Waals surface area contributed by atoms with Crippen LogP contribution in [-0.4, -0.2) is 23.8 Å². The fourth-order valence-electron chi connectivity index (χ4n) is 1.20. The number of esters is 1. The third-order valence-electron chi connectivity index (χ3n) is 2.08. The lowest BCUT2D eigenvalue weighted by molar-refractivity contribution is -0.178. The number of hydrogen-bond donors (Lipinski definition) is 1. The molecule has 17 heavy (non-hydrogen) atoms. The van der Waals surface area contributed by atoms with Gasteiger partial charge in [-0.15, -0.1) is 0 Å². The van der Waals surface area contributed by atoms with Gasteiger partial charge in [0.2, 0.25) is 6.10 Å². The number of aliphatic hydroxyl groups is 1. The maximum absolute atomic E-state index is 13.7. The van der Waals surface area contributed by atoms with Gasteiger partial charge in [0.1, 0.15) is 0 Å². The summed E-state index contributed by atoms with van der Waals surface area (Å²) in [7, 11) is 0. The van der Waals surface area contributed by atoms with Gasteiger partial charge in [-0.05, 0) is 19.1 Å². The molecule has 1 aromatic rings. The van der Waals surface area contributed by atoms with Crippen LogP contribution in [0.3, 0.4) is 0 Å². The van der Waals surface area contributed by atoms with Crippen LogP contribution in [0.5, 0.6) is 0 Å². The molecule has 0 saturated heterocycles. The Morgan fingerprint density at radius 3 is 2.47 bits per heavy atom. The van der Waals surface area contributed by atoms with Crippen LogP contribution < -0.4 is 0 Å². The molecule has 3 nitrogen and oxygen atoms in total. The van der Waals surface area contributed by atoms with Crippen molar-refractivity contribution in [2.75, 3.05) is 6.61 Å². The molecule has 0 aliphatic carbocycles. The molecule has 0 bridgehead atoms. The maximum Gasteiger partial charge on any atom is 0.341 e. The van der Waals surface area contributed by atoms with Gasteiger partial charge in [-0.3, -0.25) is 0 Å². The predicted octanol–water partition coefficient (Wildman–Crippen LogP) is 2.36. The van der Waals surface area contributed by atoms with Crippen molar-refractivity contribution in [2.45, 2.75) is 19.0 Å². The highest BCUT2D eigenvalue weighted by Crippen LogP contribution is 2.33. The third-order valence-corrected chi connectivity index (χ3v) is 2.33. The Morgan fingerprint density at radius 1 is 1.47 bits per heavy atom. The molecule has 0 heterocycles. The SMILES string of the molecule is CCOC(=O)[C@@H](O)C(F)(F)c1ccc(Cl)cc1. The van der Waals surface area contributed by atoms with E-state index < -0.39 is 23.6 Å². The Balaban J connectivity index is 2.93. The van der Waals surface area contributed by atoms with Gasteiger partial charge in [-0.25, -0.2) is 4.79 Å². The summed E-state index contributed by atoms with van der Waals surface area (Å²) < 4.78 is 31.7. The molecule has 0 fully saturated rings. The van der Waals surface area contributed by atoms with Gasteiger partial charge in [-0.1, -0.05) is 23.7 Å². The standard InChI is InChI=1S/C11H11ClF2O3/c1-2-17-10(16)9(15)11(13,14)7-3-5-8(12)6-4-7/h3-6,9,15H,2H2,1H3/t9-/m1/s1. The maximum atomic E-state index is 13.7. The monoisotopic (exact) mass is 264 g/mol. The Kier molecular flexibility index (Phi) is 4.42. The van der Waals surface area contributed by atoms with Crippen LogP contribution in [0, 0.1) is 0 Å². The average Bonchev–Trinajstić information content (AvgIpc) is 2.29. The molecule has 0 unspecified atom stereocenters. The highest BCUT2D eigenvalue weighted by atomic mass is 35.5. The summed E-state index contributed by atoms with van der Waals surface area (Å²) in [5, 5.41) is 9.53. The number of ether oxygens (including phenoxy) is 1. The lowest BCUT2D eigenvalue weighted by Crippen LogP contribution is -2.39. The number of alkyl halides is 2. The van der Waals surface area contributed by atoms with E-state index in [0.29, 0.717) is 0 Å². The van der Waals surface area contributed by atoms with Gasteiger partial charge >= 0.3 is 11.9 Å². The number of carbonyl (C=O) groups excluding carboxylic acids is 1. The first-order valence-corrected chi connectivity index (χ1v) is 5.26. The highest BCUT2D eigenvalue weighted by Gasteiger charge is 2.45. The van der Waals surface area contributed by atoms with E-state index in [1.165, 1.54) is 19.1 Å². The summed E-state index contributed by atoms with van der Waals surface area (Å²) in [4.78, 5) is 11.1. The first-order valence-electron chi connectivity index (χ1n) is 4.88. The van der Waals surface area contributed by atoms with Crippen molar-refractivity contribution in [3.8, 4) is 0 Å². The number of rotatable bonds is 4. The Labute approximate surface area is 102 Å². The lowest BCUT2D eigenvalue weighted by Gasteiger charge is -2.21. The van der Waals surface area contributed by atoms with Crippen LogP contribution >= 0.6 is 11.6 Å². The zero-order valence-corrected chi connectivity index (χ0v) is 9.75. The smallest absolute Gasteiger partial charge is 0.341 e. The highest BCUT2D eigenvalue weighted by molar-refractivity contribution is 6.30. The molecule has 1 atom stereocenters. The first kappa shape index (κ1) is 13.9. The van der Waals surface area contributed by atoms with E-state index in [1.54, 1.807) is 0 Å². The van der Waals surface area contributed by atoms with Crippen molar-refractivity contribution in [2.24, 2.45) is 0 Å². The van der Waals surface area contributed by atoms with Gasteiger partial charge in [-0.2, -0.15) is 8.78 Å². The minimum absolute atomic E-state index is 0.0768. The zero-order valence-electron chi connectivity index (χ0n) is 8.99. The minimum Gasteiger partial charge on any atom is -0.464 e. The van der Waals surface area contributed by atoms with Crippen LogP contribution in [0.2, 0.25) is 5.02 Å². The number of halogens is 3. The Morgan fingerprint density at radius 2 is 2.00 bits per heavy atom. The van der Waals surface area contributed by atoms with Crippen molar-refractivity contribution < 1.29 is 23.4 Å². The third kappa shape index (κ3) is 3.14. The number of benzene rings is 1.